The van der Waals surface area contributed by atoms with Crippen molar-refractivity contribution < 1.29 is 18.9 Å². The molecule has 0 fully saturated rings. The van der Waals surface area contributed by atoms with E-state index < -0.39 is 0 Å². The van der Waals surface area contributed by atoms with Gasteiger partial charge in [-0.3, -0.25) is 0 Å². The van der Waals surface area contributed by atoms with Gasteiger partial charge in [-0.2, -0.15) is 0 Å². The highest BCUT2D eigenvalue weighted by Gasteiger charge is 2.29. The van der Waals surface area contributed by atoms with Crippen molar-refractivity contribution in [2.75, 3.05) is 40.5 Å². The standard InChI is InChI=1S/C52H70BrNO4/c1-49(2,3)41-25-33-21-37-29-43(51(7,8)9)31-39-23-35-27-42(50(4,5)6)28-36(46(35)56-14)24-40-32-44(52(10,11)12)30-38(22-34(26-41)45(33)55-13)48(40)58-20-16-18-54(53)17-15-19-57-47(37)39/h25-32H,15-24H2,1-14H3. The molecule has 4 aromatic rings. The van der Waals surface area contributed by atoms with Crippen LogP contribution in [-0.4, -0.2) is 44.4 Å². The fraction of sp³-hybridized carbons (Fsp3) is 0.538. The van der Waals surface area contributed by atoms with Gasteiger partial charge in [-0.15, -0.1) is 0 Å². The van der Waals surface area contributed by atoms with Gasteiger partial charge in [0.15, 0.2) is 0 Å². The van der Waals surface area contributed by atoms with Gasteiger partial charge in [0.2, 0.25) is 0 Å². The molecule has 0 atom stereocenters. The number of rotatable bonds is 2. The lowest BCUT2D eigenvalue weighted by Gasteiger charge is -2.29. The predicted molar refractivity (Wildman–Crippen MR) is 246 cm³/mol. The molecule has 0 saturated heterocycles. The van der Waals surface area contributed by atoms with Crippen LogP contribution >= 0.6 is 16.1 Å². The van der Waals surface area contributed by atoms with Crippen molar-refractivity contribution in [2.45, 2.75) is 143 Å². The predicted octanol–water partition coefficient (Wildman–Crippen LogP) is 12.7. The molecule has 0 N–H and O–H groups in total. The van der Waals surface area contributed by atoms with Crippen LogP contribution in [0.3, 0.4) is 0 Å². The van der Waals surface area contributed by atoms with Gasteiger partial charge in [0, 0.05) is 54.9 Å². The molecule has 1 aliphatic heterocycles. The Morgan fingerprint density at radius 2 is 0.672 bits per heavy atom. The zero-order chi connectivity index (χ0) is 42.4. The second-order valence-corrected chi connectivity index (χ2v) is 21.9. The van der Waals surface area contributed by atoms with E-state index in [-0.39, 0.29) is 21.7 Å². The Morgan fingerprint density at radius 1 is 0.431 bits per heavy atom. The van der Waals surface area contributed by atoms with Gasteiger partial charge in [0.05, 0.1) is 27.4 Å². The molecular formula is C52H70BrNO4. The summed E-state index contributed by atoms with van der Waals surface area (Å²) >= 11 is 3.86. The largest absolute Gasteiger partial charge is 0.496 e. The fourth-order valence-corrected chi connectivity index (χ4v) is 8.95. The van der Waals surface area contributed by atoms with Crippen molar-refractivity contribution in [3.63, 3.8) is 0 Å². The van der Waals surface area contributed by atoms with Gasteiger partial charge < -0.3 is 18.9 Å². The van der Waals surface area contributed by atoms with Crippen LogP contribution in [-0.2, 0) is 47.3 Å². The average molecular weight is 853 g/mol. The minimum Gasteiger partial charge on any atom is -0.496 e. The topological polar surface area (TPSA) is 40.2 Å². The molecule has 2 aliphatic rings. The maximum atomic E-state index is 7.06. The van der Waals surface area contributed by atoms with Crippen molar-refractivity contribution in [2.24, 2.45) is 0 Å². The van der Waals surface area contributed by atoms with Gasteiger partial charge in [0.1, 0.15) is 23.0 Å². The second kappa shape index (κ2) is 16.9. The highest BCUT2D eigenvalue weighted by molar-refractivity contribution is 9.07. The molecule has 6 heteroatoms. The summed E-state index contributed by atoms with van der Waals surface area (Å²) in [5.74, 6) is 3.85. The van der Waals surface area contributed by atoms with Crippen LogP contribution in [0.2, 0.25) is 0 Å². The second-order valence-electron chi connectivity index (χ2n) is 20.9. The van der Waals surface area contributed by atoms with Crippen molar-refractivity contribution in [1.82, 2.24) is 3.93 Å². The Labute approximate surface area is 359 Å². The summed E-state index contributed by atoms with van der Waals surface area (Å²) in [6.45, 7) is 30.7. The Kier molecular flexibility index (Phi) is 12.8. The number of halogens is 1. The fourth-order valence-electron chi connectivity index (χ4n) is 8.45. The van der Waals surface area contributed by atoms with E-state index in [1.807, 2.05) is 14.2 Å². The van der Waals surface area contributed by atoms with E-state index in [4.69, 9.17) is 18.9 Å². The summed E-state index contributed by atoms with van der Waals surface area (Å²) in [6.07, 6.45) is 4.48. The zero-order valence-electron chi connectivity index (χ0n) is 38.1. The summed E-state index contributed by atoms with van der Waals surface area (Å²) in [5.41, 5.74) is 14.3. The van der Waals surface area contributed by atoms with E-state index in [0.29, 0.717) is 38.9 Å². The number of nitrogens with zero attached hydrogens (tertiary/aromatic N) is 1. The third-order valence-electron chi connectivity index (χ3n) is 11.9. The Morgan fingerprint density at radius 3 is 0.897 bits per heavy atom. The number of hydrogen-bond acceptors (Lipinski definition) is 5. The maximum absolute atomic E-state index is 7.06. The minimum absolute atomic E-state index is 0.0747. The molecule has 1 aliphatic carbocycles. The number of benzene rings is 4. The molecule has 0 unspecified atom stereocenters. The van der Waals surface area contributed by atoms with E-state index >= 15 is 0 Å². The number of fused-ring (bicyclic) bond motifs is 2. The van der Waals surface area contributed by atoms with Crippen LogP contribution in [0.15, 0.2) is 48.5 Å². The third kappa shape index (κ3) is 9.92. The minimum atomic E-state index is -0.0814. The van der Waals surface area contributed by atoms with E-state index in [2.05, 4.69) is 152 Å². The van der Waals surface area contributed by atoms with Crippen molar-refractivity contribution in [1.29, 1.82) is 0 Å². The van der Waals surface area contributed by atoms with Gasteiger partial charge in [-0.25, -0.2) is 3.93 Å². The lowest BCUT2D eigenvalue weighted by Crippen LogP contribution is -2.20. The van der Waals surface area contributed by atoms with Crippen LogP contribution in [0.1, 0.15) is 163 Å². The first-order chi connectivity index (χ1) is 27.1. The molecule has 0 radical (unpaired) electrons. The first kappa shape index (κ1) is 44.1. The highest BCUT2D eigenvalue weighted by atomic mass is 79.9. The van der Waals surface area contributed by atoms with Gasteiger partial charge >= 0.3 is 0 Å². The summed E-state index contributed by atoms with van der Waals surface area (Å²) < 4.78 is 29.4. The summed E-state index contributed by atoms with van der Waals surface area (Å²) in [6, 6.07) is 19.1. The quantitative estimate of drug-likeness (QED) is 0.166. The normalized spacial score (nSPS) is 16.1. The molecule has 4 aromatic carbocycles. The molecule has 5 nitrogen and oxygen atoms in total. The molecule has 0 aromatic heterocycles. The average Bonchev–Trinajstić information content (AvgIpc) is 3.10. The Bertz CT molecular complexity index is 1870. The number of ether oxygens (including phenoxy) is 4. The molecule has 314 valence electrons. The molecule has 58 heavy (non-hydrogen) atoms. The van der Waals surface area contributed by atoms with Crippen molar-refractivity contribution >= 4 is 16.1 Å². The Balaban J connectivity index is 1.79. The molecule has 0 saturated carbocycles. The molecule has 6 rings (SSSR count). The van der Waals surface area contributed by atoms with Crippen molar-refractivity contribution in [3.8, 4) is 23.0 Å². The SMILES string of the molecule is COc1c2cc(C(C)(C)C)cc1Cc1cc(C(C)(C)C)cc3c1OCCCN(Br)CCCOc1c(cc(C(C)(C)C)cc1Cc1cc(C(C)(C)C)cc(c1OC)C3)C2. The summed E-state index contributed by atoms with van der Waals surface area (Å²) in [5, 5.41) is 0. The van der Waals surface area contributed by atoms with Crippen LogP contribution in [0, 0.1) is 0 Å². The van der Waals surface area contributed by atoms with E-state index in [0.717, 1.165) is 48.9 Å². The maximum Gasteiger partial charge on any atom is 0.126 e. The smallest absolute Gasteiger partial charge is 0.126 e. The lowest BCUT2D eigenvalue weighted by molar-refractivity contribution is 0.273. The van der Waals surface area contributed by atoms with Gasteiger partial charge in [-0.1, -0.05) is 132 Å². The van der Waals surface area contributed by atoms with Crippen molar-refractivity contribution in [3.05, 3.63) is 115 Å². The highest BCUT2D eigenvalue weighted by Crippen LogP contribution is 2.44. The van der Waals surface area contributed by atoms with Crippen LogP contribution in [0.4, 0.5) is 0 Å². The number of methoxy groups -OCH3 is 2. The molecule has 1 heterocycles. The summed E-state index contributed by atoms with van der Waals surface area (Å²) in [4.78, 5) is 0. The monoisotopic (exact) mass is 851 g/mol. The first-order valence-electron chi connectivity index (χ1n) is 21.5. The van der Waals surface area contributed by atoms with Gasteiger partial charge in [0.25, 0.3) is 0 Å². The molecule has 0 spiro atoms. The van der Waals surface area contributed by atoms with Crippen LogP contribution in [0.25, 0.3) is 0 Å². The molecular weight excluding hydrogens is 782 g/mol. The molecule has 10 bridgehead atoms. The Hall–Kier alpha value is -3.48. The van der Waals surface area contributed by atoms with E-state index in [1.54, 1.807) is 0 Å². The lowest BCUT2D eigenvalue weighted by atomic mass is 9.79. The zero-order valence-corrected chi connectivity index (χ0v) is 39.7. The first-order valence-corrected chi connectivity index (χ1v) is 22.2. The van der Waals surface area contributed by atoms with E-state index in [1.165, 1.54) is 66.8 Å². The van der Waals surface area contributed by atoms with E-state index in [9.17, 15) is 0 Å². The molecule has 0 amide bonds. The van der Waals surface area contributed by atoms with Crippen LogP contribution in [0.5, 0.6) is 23.0 Å². The van der Waals surface area contributed by atoms with Gasteiger partial charge in [-0.05, 0) is 101 Å². The number of hydrogen-bond donors (Lipinski definition) is 0. The summed E-state index contributed by atoms with van der Waals surface area (Å²) in [7, 11) is 3.67. The van der Waals surface area contributed by atoms with Crippen LogP contribution < -0.4 is 18.9 Å². The third-order valence-corrected chi connectivity index (χ3v) is 12.7.